The molecule has 134 heavy (non-hydrogen) atoms. The van der Waals surface area contributed by atoms with E-state index in [4.69, 9.17) is 0 Å². The highest BCUT2D eigenvalue weighted by Gasteiger charge is 2.40. The molecule has 15 aromatic rings. The fourth-order valence-electron chi connectivity index (χ4n) is 12.7. The van der Waals surface area contributed by atoms with E-state index < -0.39 is 241 Å². The lowest BCUT2D eigenvalue weighted by Crippen LogP contribution is -2.10. The maximum atomic E-state index is 14.4. The van der Waals surface area contributed by atoms with Gasteiger partial charge in [-0.2, -0.15) is 0 Å². The van der Waals surface area contributed by atoms with E-state index in [1.165, 1.54) is 50.2 Å². The normalized spacial score (nSPS) is 11.2. The molecule has 0 amide bonds. The monoisotopic (exact) mass is 1980 g/mol. The lowest BCUT2D eigenvalue weighted by molar-refractivity contribution is -0.132. The molecule has 0 bridgehead atoms. The summed E-state index contributed by atoms with van der Waals surface area (Å²) in [6, 6.07) is 38.1. The van der Waals surface area contributed by atoms with Crippen molar-refractivity contribution >= 4 is 60.4 Å². The number of hydrogen-bond acceptors (Lipinski definition) is 4. The molecule has 37 heteroatoms. The van der Waals surface area contributed by atoms with E-state index in [0.717, 1.165) is 184 Å². The summed E-state index contributed by atoms with van der Waals surface area (Å²) in [7, 11) is -6.24. The van der Waals surface area contributed by atoms with E-state index in [1.807, 2.05) is 0 Å². The first-order chi connectivity index (χ1) is 63.2. The van der Waals surface area contributed by atoms with Crippen LogP contribution in [0.25, 0.3) is 0 Å². The molecule has 0 fully saturated rings. The first-order valence-electron chi connectivity index (χ1n) is 37.9. The number of ether oxygens (including phenoxy) is 2. The zero-order valence-electron chi connectivity index (χ0n) is 68.9. The number of aromatic hydroxyl groups is 1. The van der Waals surface area contributed by atoms with Crippen LogP contribution in [0, 0.1) is 191 Å². The fourth-order valence-corrected chi connectivity index (χ4v) is 23.7. The summed E-state index contributed by atoms with van der Waals surface area (Å²) in [4.78, 5) is 12.0. The number of aryl methyl sites for hydroxylation is 2. The second-order valence-corrected chi connectivity index (χ2v) is 38.3. The Morgan fingerprint density at radius 2 is 0.388 bits per heavy atom. The molecule has 0 aliphatic carbocycles. The molecule has 0 saturated heterocycles. The van der Waals surface area contributed by atoms with Gasteiger partial charge in [0.05, 0.1) is 61.6 Å². The van der Waals surface area contributed by atoms with Crippen LogP contribution in [-0.4, -0.2) is 18.2 Å². The third kappa shape index (κ3) is 25.6. The quantitative estimate of drug-likeness (QED) is 0.0427. The summed E-state index contributed by atoms with van der Waals surface area (Å²) in [5.41, 5.74) is 0.396. The minimum absolute atomic E-state index is 0.0403. The van der Waals surface area contributed by atoms with Crippen LogP contribution in [0.2, 0.25) is 0 Å². The Bertz CT molecular complexity index is 6230. The number of phenolic OH excluding ortho intramolecular Hbond substituents is 1. The van der Waals surface area contributed by atoms with Crippen LogP contribution in [0.15, 0.2) is 316 Å². The predicted octanol–water partition coefficient (Wildman–Crippen LogP) is 28.7. The average Bonchev–Trinajstić information content (AvgIpc) is 0.803. The molecular weight excluding hydrogens is 1920 g/mol. The van der Waals surface area contributed by atoms with Gasteiger partial charge in [0.15, 0.2) is 120 Å². The predicted molar refractivity (Wildman–Crippen MR) is 445 cm³/mol. The molecule has 0 unspecified atom stereocenters. The van der Waals surface area contributed by atoms with E-state index in [1.54, 1.807) is 13.8 Å². The molecule has 692 valence electrons. The van der Waals surface area contributed by atoms with E-state index >= 15 is 0 Å². The standard InChI is InChI=1S/C20H11F6O2S.2C20H14F5S.C19H11F6OS.C18H8F6OS/c1-10(27)28-20-18(25)8-17(9-19(20)26)29(15-4-11(21)2-12(22)5-15)16-6-13(23)3-14(24)7-16;1-11-3-17(4-12(2)20(11)25)26(18-7-13(21)5-14(22)8-18)19-9-15(23)6-16(24)10-19;1-11-17(22)7-15(8-18(11)23)26(14-5-3-13(21)4-6-14)16-9-19(24)12(2)20(25)10-16;1-26-19-17(24)8-16(9-18(19)25)27(14-4-10(20)2-11(21)5-14)15-6-12(22)3-13(23)7-15;19-9-1-10(20)4-13(3-9)26(14-5-11(21)2-12(22)6-14)15-7-16(23)18(25)17(24)8-15/h2-9H,1H3;2*3-10H,1-2H3;2-9H,1H3;1-8H/q4*+1;/p+1. The van der Waals surface area contributed by atoms with Crippen LogP contribution in [0.4, 0.5) is 123 Å². The van der Waals surface area contributed by atoms with Crippen molar-refractivity contribution in [3.8, 4) is 17.2 Å². The fraction of sp³-hybridized carbons (Fsp3) is 0.0619. The Balaban J connectivity index is 0.000000161. The topological polar surface area (TPSA) is 55.8 Å². The summed E-state index contributed by atoms with van der Waals surface area (Å²) in [6.07, 6.45) is 0. The molecule has 0 aromatic heterocycles. The van der Waals surface area contributed by atoms with Crippen LogP contribution >= 0.6 is 0 Å². The SMILES string of the molecule is CC(=O)Oc1c(F)cc([S+](c2cc(F)cc(F)c2)c2cc(F)cc(F)c2)cc1F.COc1c(F)cc([S+](c2cc(F)cc(F)c2)c2cc(F)cc(F)c2)cc1F.Cc1c(F)cc([S+](c2ccc(F)cc2)c2cc(F)c(C)c(F)c2)cc1F.Cc1cc([S+](c2cc(F)cc(F)c2)c2cc(F)cc(F)c2)cc(C)c1F.Oc1c(F)cc([S+](c2cc(F)cc(F)c2)c2cc(F)cc(F)c2)cc1F. The molecular formula is C97H59F28O4S5+5. The summed E-state index contributed by atoms with van der Waals surface area (Å²) < 4.78 is 397. The van der Waals surface area contributed by atoms with Crippen molar-refractivity contribution in [2.24, 2.45) is 0 Å². The van der Waals surface area contributed by atoms with Gasteiger partial charge in [-0.3, -0.25) is 4.79 Å². The molecule has 0 atom stereocenters. The van der Waals surface area contributed by atoms with Crippen molar-refractivity contribution in [3.63, 3.8) is 0 Å². The maximum absolute atomic E-state index is 14.4. The Morgan fingerprint density at radius 1 is 0.216 bits per heavy atom. The number of esters is 1. The molecule has 0 aliphatic rings. The van der Waals surface area contributed by atoms with Crippen molar-refractivity contribution in [2.45, 2.75) is 108 Å². The molecule has 15 aromatic carbocycles. The molecule has 0 saturated carbocycles. The van der Waals surface area contributed by atoms with Gasteiger partial charge < -0.3 is 14.6 Å². The lowest BCUT2D eigenvalue weighted by atomic mass is 10.1. The van der Waals surface area contributed by atoms with Crippen LogP contribution in [-0.2, 0) is 59.3 Å². The highest BCUT2D eigenvalue weighted by Crippen LogP contribution is 2.43. The smallest absolute Gasteiger partial charge is 0.308 e. The van der Waals surface area contributed by atoms with Gasteiger partial charge in [0.1, 0.15) is 128 Å². The first kappa shape index (κ1) is 102. The maximum Gasteiger partial charge on any atom is 0.308 e. The summed E-state index contributed by atoms with van der Waals surface area (Å²) in [5, 5.41) is 9.24. The van der Waals surface area contributed by atoms with Gasteiger partial charge in [-0.05, 0) is 75.2 Å². The molecule has 0 spiro atoms. The molecule has 15 rings (SSSR count). The van der Waals surface area contributed by atoms with Gasteiger partial charge in [0.2, 0.25) is 5.75 Å². The van der Waals surface area contributed by atoms with Gasteiger partial charge in [0, 0.05) is 224 Å². The summed E-state index contributed by atoms with van der Waals surface area (Å²) in [6.45, 7) is 6.67. The number of rotatable bonds is 17. The van der Waals surface area contributed by atoms with E-state index in [0.29, 0.717) is 57.3 Å². The van der Waals surface area contributed by atoms with Crippen molar-refractivity contribution in [1.29, 1.82) is 0 Å². The Morgan fingerprint density at radius 3 is 0.590 bits per heavy atom. The van der Waals surface area contributed by atoms with Gasteiger partial charge in [-0.25, -0.2) is 123 Å². The van der Waals surface area contributed by atoms with Gasteiger partial charge in [-0.1, -0.05) is 0 Å². The molecule has 4 nitrogen and oxygen atoms in total. The second kappa shape index (κ2) is 43.9. The zero-order valence-corrected chi connectivity index (χ0v) is 73.0. The Labute approximate surface area is 758 Å². The largest absolute Gasteiger partial charge is 0.503 e. The first-order valence-corrected chi connectivity index (χ1v) is 44.0. The van der Waals surface area contributed by atoms with Crippen LogP contribution in [0.1, 0.15) is 29.2 Å². The van der Waals surface area contributed by atoms with Crippen LogP contribution in [0.3, 0.4) is 0 Å². The average molecular weight is 1980 g/mol. The molecule has 1 N–H and O–H groups in total. The number of carbonyl (C=O) groups is 1. The van der Waals surface area contributed by atoms with Crippen molar-refractivity contribution < 1.29 is 142 Å². The third-order valence-electron chi connectivity index (χ3n) is 18.3. The van der Waals surface area contributed by atoms with Crippen molar-refractivity contribution in [2.75, 3.05) is 7.11 Å². The van der Waals surface area contributed by atoms with E-state index in [2.05, 4.69) is 9.47 Å². The van der Waals surface area contributed by atoms with Crippen molar-refractivity contribution in [1.82, 2.24) is 0 Å². The highest BCUT2D eigenvalue weighted by atomic mass is 32.2. The third-order valence-corrected chi connectivity index (χ3v) is 29.0. The number of halogens is 28. The number of phenols is 1. The Hall–Kier alpha value is -12.8. The van der Waals surface area contributed by atoms with E-state index in [-0.39, 0.29) is 74.8 Å². The Kier molecular flexibility index (Phi) is 33.3. The number of methoxy groups -OCH3 is 1. The summed E-state index contributed by atoms with van der Waals surface area (Å²) in [5.74, 6) is -29.7. The lowest BCUT2D eigenvalue weighted by Gasteiger charge is -2.11. The van der Waals surface area contributed by atoms with Crippen LogP contribution < -0.4 is 9.47 Å². The zero-order chi connectivity index (χ0) is 98.0. The number of benzene rings is 15. The minimum atomic E-state index is -1.68. The molecule has 0 heterocycles. The van der Waals surface area contributed by atoms with Gasteiger partial charge >= 0.3 is 5.97 Å². The second-order valence-electron chi connectivity index (χ2n) is 28.2. The molecule has 0 aliphatic heterocycles. The molecule has 0 radical (unpaired) electrons. The number of hydrogen-bond donors (Lipinski definition) is 1. The van der Waals surface area contributed by atoms with E-state index in [9.17, 15) is 133 Å². The van der Waals surface area contributed by atoms with Gasteiger partial charge in [-0.15, -0.1) is 0 Å². The van der Waals surface area contributed by atoms with Crippen LogP contribution in [0.5, 0.6) is 17.2 Å². The summed E-state index contributed by atoms with van der Waals surface area (Å²) >= 11 is 0. The highest BCUT2D eigenvalue weighted by molar-refractivity contribution is 7.98. The minimum Gasteiger partial charge on any atom is -0.503 e. The van der Waals surface area contributed by atoms with Gasteiger partial charge in [0.25, 0.3) is 0 Å². The van der Waals surface area contributed by atoms with Crippen molar-refractivity contribution in [3.05, 3.63) is 428 Å². The number of carbonyl (C=O) groups excluding carboxylic acids is 1.